The normalized spacial score (nSPS) is 27.9. The second-order valence-corrected chi connectivity index (χ2v) is 10.3. The van der Waals surface area contributed by atoms with Crippen LogP contribution in [0, 0.1) is 11.8 Å². The Balaban J connectivity index is 1.94. The van der Waals surface area contributed by atoms with Crippen LogP contribution in [0.1, 0.15) is 43.9 Å². The number of amides is 1. The molecule has 0 bridgehead atoms. The summed E-state index contributed by atoms with van der Waals surface area (Å²) in [5.41, 5.74) is 3.24. The summed E-state index contributed by atoms with van der Waals surface area (Å²) >= 11 is 0. The molecule has 198 valence electrons. The standard InChI is InChI=1S/C26H31N3O8/c1-10(2)37-28-11(3)13-6-7-16(30)18-14(13)8-12-9-15-20(29(4)5)22(32)19(25(27)35)24(34)26(15,36)23(33)17(12)21(18)31/h6-7,10,12,15,20,30-31,34,36H,8-9H2,1-5H3,(H2,27,35)/b28-11-. The number of nitrogens with zero attached hydrogens (tertiary/aromatic N) is 2. The molecule has 0 aromatic heterocycles. The highest BCUT2D eigenvalue weighted by atomic mass is 16.6. The first-order valence-corrected chi connectivity index (χ1v) is 11.9. The molecular formula is C26H31N3O8. The van der Waals surface area contributed by atoms with E-state index in [0.29, 0.717) is 16.8 Å². The van der Waals surface area contributed by atoms with Gasteiger partial charge in [-0.2, -0.15) is 0 Å². The maximum atomic E-state index is 13.8. The number of hydrogen-bond acceptors (Lipinski definition) is 10. The van der Waals surface area contributed by atoms with Crippen LogP contribution in [0.4, 0.5) is 0 Å². The summed E-state index contributed by atoms with van der Waals surface area (Å²) in [5.74, 6) is -6.87. The minimum atomic E-state index is -2.67. The fourth-order valence-electron chi connectivity index (χ4n) is 5.82. The second kappa shape index (κ2) is 9.00. The van der Waals surface area contributed by atoms with E-state index in [4.69, 9.17) is 10.6 Å². The van der Waals surface area contributed by atoms with Gasteiger partial charge in [0.05, 0.1) is 17.3 Å². The van der Waals surface area contributed by atoms with E-state index in [1.54, 1.807) is 27.1 Å². The van der Waals surface area contributed by atoms with E-state index in [2.05, 4.69) is 5.16 Å². The molecule has 37 heavy (non-hydrogen) atoms. The number of aliphatic hydroxyl groups is 3. The Labute approximate surface area is 213 Å². The number of carbonyl (C=O) groups excluding carboxylic acids is 3. The van der Waals surface area contributed by atoms with Gasteiger partial charge in [0.2, 0.25) is 5.78 Å². The molecule has 1 fully saturated rings. The molecule has 0 heterocycles. The third kappa shape index (κ3) is 3.80. The van der Waals surface area contributed by atoms with Crippen LogP contribution in [0.5, 0.6) is 5.75 Å². The molecule has 1 saturated carbocycles. The lowest BCUT2D eigenvalue weighted by atomic mass is 9.57. The molecule has 11 nitrogen and oxygen atoms in total. The van der Waals surface area contributed by atoms with Crippen molar-refractivity contribution in [2.45, 2.75) is 51.4 Å². The Morgan fingerprint density at radius 2 is 1.86 bits per heavy atom. The summed E-state index contributed by atoms with van der Waals surface area (Å²) < 4.78 is 0. The van der Waals surface area contributed by atoms with E-state index in [1.807, 2.05) is 13.8 Å². The van der Waals surface area contributed by atoms with Crippen molar-refractivity contribution >= 4 is 28.9 Å². The lowest BCUT2D eigenvalue weighted by molar-refractivity contribution is -0.153. The predicted octanol–water partition coefficient (Wildman–Crippen LogP) is 1.11. The molecule has 1 aromatic rings. The third-order valence-electron chi connectivity index (χ3n) is 7.39. The SMILES string of the molecule is C/C(=N/OC(C)C)c1ccc(O)c2c1CC1CC3C(N(C)C)C(=O)C(C(N)=O)=C(O)C3(O)C(=O)C1=C2O. The Hall–Kier alpha value is -3.70. The number of aliphatic hydroxyl groups excluding tert-OH is 2. The Kier molecular flexibility index (Phi) is 6.41. The highest BCUT2D eigenvalue weighted by Gasteiger charge is 2.64. The lowest BCUT2D eigenvalue weighted by Gasteiger charge is -2.50. The zero-order valence-corrected chi connectivity index (χ0v) is 21.3. The molecule has 3 aliphatic carbocycles. The number of aromatic hydroxyl groups is 1. The quantitative estimate of drug-likeness (QED) is 0.219. The van der Waals surface area contributed by atoms with Crippen molar-refractivity contribution < 1.29 is 39.6 Å². The number of phenolic OH excluding ortho intramolecular Hbond substituents is 1. The molecule has 4 unspecified atom stereocenters. The van der Waals surface area contributed by atoms with Gasteiger partial charge in [-0.25, -0.2) is 0 Å². The highest BCUT2D eigenvalue weighted by molar-refractivity contribution is 6.24. The van der Waals surface area contributed by atoms with Crippen LogP contribution in [0.15, 0.2) is 34.2 Å². The van der Waals surface area contributed by atoms with Gasteiger partial charge in [-0.05, 0) is 71.3 Å². The van der Waals surface area contributed by atoms with Gasteiger partial charge >= 0.3 is 0 Å². The van der Waals surface area contributed by atoms with Gasteiger partial charge in [-0.3, -0.25) is 19.3 Å². The summed E-state index contributed by atoms with van der Waals surface area (Å²) in [4.78, 5) is 45.8. The molecule has 3 aliphatic rings. The highest BCUT2D eigenvalue weighted by Crippen LogP contribution is 2.52. The molecule has 4 rings (SSSR count). The monoisotopic (exact) mass is 513 g/mol. The molecule has 1 amide bonds. The first-order valence-electron chi connectivity index (χ1n) is 11.9. The van der Waals surface area contributed by atoms with Gasteiger partial charge in [-0.1, -0.05) is 5.16 Å². The number of fused-ring (bicyclic) bond motifs is 3. The van der Waals surface area contributed by atoms with Gasteiger partial charge in [0.1, 0.15) is 28.9 Å². The minimum Gasteiger partial charge on any atom is -0.508 e. The lowest BCUT2D eigenvalue weighted by Crippen LogP contribution is -2.65. The zero-order valence-electron chi connectivity index (χ0n) is 21.3. The molecule has 6 N–H and O–H groups in total. The van der Waals surface area contributed by atoms with Crippen molar-refractivity contribution in [1.82, 2.24) is 4.90 Å². The largest absolute Gasteiger partial charge is 0.508 e. The zero-order chi connectivity index (χ0) is 27.6. The number of primary amides is 1. The van der Waals surface area contributed by atoms with E-state index >= 15 is 0 Å². The molecule has 11 heteroatoms. The fourth-order valence-corrected chi connectivity index (χ4v) is 5.82. The number of oxime groups is 1. The molecule has 4 atom stereocenters. The Bertz CT molecular complexity index is 1310. The van der Waals surface area contributed by atoms with E-state index in [-0.39, 0.29) is 35.8 Å². The van der Waals surface area contributed by atoms with Crippen molar-refractivity contribution in [1.29, 1.82) is 0 Å². The summed E-state index contributed by atoms with van der Waals surface area (Å²) in [7, 11) is 3.11. The summed E-state index contributed by atoms with van der Waals surface area (Å²) in [6, 6.07) is 1.86. The van der Waals surface area contributed by atoms with Gasteiger partial charge in [-0.15, -0.1) is 0 Å². The van der Waals surface area contributed by atoms with Crippen molar-refractivity contribution in [3.8, 4) is 5.75 Å². The number of Topliss-reactive ketones (excluding diaryl/α,β-unsaturated/α-hetero) is 2. The van der Waals surface area contributed by atoms with E-state index in [1.165, 1.54) is 11.0 Å². The second-order valence-electron chi connectivity index (χ2n) is 10.3. The van der Waals surface area contributed by atoms with Crippen LogP contribution in [0.3, 0.4) is 0 Å². The van der Waals surface area contributed by atoms with Crippen LogP contribution in [0.25, 0.3) is 5.76 Å². The maximum Gasteiger partial charge on any atom is 0.255 e. The van der Waals surface area contributed by atoms with Gasteiger partial charge in [0.15, 0.2) is 11.4 Å². The summed E-state index contributed by atoms with van der Waals surface area (Å²) in [5, 5.41) is 48.5. The number of ketones is 2. The third-order valence-corrected chi connectivity index (χ3v) is 7.39. The van der Waals surface area contributed by atoms with Gasteiger partial charge < -0.3 is 31.0 Å². The van der Waals surface area contributed by atoms with Gasteiger partial charge in [0, 0.05) is 17.1 Å². The summed E-state index contributed by atoms with van der Waals surface area (Å²) in [6.07, 6.45) is 0.0149. The Morgan fingerprint density at radius 1 is 1.22 bits per heavy atom. The maximum absolute atomic E-state index is 13.8. The first kappa shape index (κ1) is 26.4. The topological polar surface area (TPSA) is 183 Å². The van der Waals surface area contributed by atoms with E-state index < -0.39 is 58.0 Å². The van der Waals surface area contributed by atoms with Gasteiger partial charge in [0.25, 0.3) is 5.91 Å². The number of likely N-dealkylation sites (N-methyl/N-ethyl adjacent to an activating group) is 1. The van der Waals surface area contributed by atoms with Crippen molar-refractivity contribution in [2.75, 3.05) is 14.1 Å². The molecule has 1 aromatic carbocycles. The number of benzene rings is 1. The molecule has 0 spiro atoms. The van der Waals surface area contributed by atoms with E-state index in [0.717, 1.165) is 0 Å². The van der Waals surface area contributed by atoms with E-state index in [9.17, 15) is 34.8 Å². The molecule has 0 saturated heterocycles. The molecular weight excluding hydrogens is 482 g/mol. The van der Waals surface area contributed by atoms with Crippen LogP contribution in [-0.2, 0) is 25.6 Å². The number of rotatable bonds is 5. The number of hydrogen-bond donors (Lipinski definition) is 5. The smallest absolute Gasteiger partial charge is 0.255 e. The van der Waals surface area contributed by atoms with Crippen molar-refractivity contribution in [3.63, 3.8) is 0 Å². The number of phenols is 1. The fraction of sp³-hybridized carbons (Fsp3) is 0.462. The number of nitrogens with two attached hydrogens (primary N) is 1. The average molecular weight is 514 g/mol. The average Bonchev–Trinajstić information content (AvgIpc) is 2.79. The van der Waals surface area contributed by atoms with Crippen LogP contribution < -0.4 is 5.73 Å². The Morgan fingerprint density at radius 3 is 2.43 bits per heavy atom. The van der Waals surface area contributed by atoms with Crippen LogP contribution >= 0.6 is 0 Å². The van der Waals surface area contributed by atoms with Crippen LogP contribution in [0.2, 0.25) is 0 Å². The molecule has 0 aliphatic heterocycles. The first-order chi connectivity index (χ1) is 17.2. The van der Waals surface area contributed by atoms with Crippen molar-refractivity contribution in [2.24, 2.45) is 22.7 Å². The van der Waals surface area contributed by atoms with Crippen LogP contribution in [-0.4, -0.2) is 80.4 Å². The minimum absolute atomic E-state index is 0.00730. The predicted molar refractivity (Wildman–Crippen MR) is 133 cm³/mol. The van der Waals surface area contributed by atoms with Crippen molar-refractivity contribution in [3.05, 3.63) is 45.7 Å². The number of carbonyl (C=O) groups is 3. The summed E-state index contributed by atoms with van der Waals surface area (Å²) in [6.45, 7) is 5.35. The molecule has 0 radical (unpaired) electrons.